The van der Waals surface area contributed by atoms with E-state index >= 15 is 0 Å². The number of nitrogens with zero attached hydrogens (tertiary/aromatic N) is 3. The summed E-state index contributed by atoms with van der Waals surface area (Å²) >= 11 is 0. The number of hydrogen-bond donors (Lipinski definition) is 0. The molecule has 1 aromatic rings. The van der Waals surface area contributed by atoms with Crippen molar-refractivity contribution in [2.75, 3.05) is 26.2 Å². The van der Waals surface area contributed by atoms with Crippen LogP contribution in [-0.2, 0) is 13.1 Å². The first-order valence-corrected chi connectivity index (χ1v) is 7.30. The molecule has 0 unspecified atom stereocenters. The first-order chi connectivity index (χ1) is 8.90. The summed E-state index contributed by atoms with van der Waals surface area (Å²) in [7, 11) is 0. The minimum absolute atomic E-state index is 1.04. The molecule has 0 spiro atoms. The summed E-state index contributed by atoms with van der Waals surface area (Å²) in [5.74, 6) is 0. The van der Waals surface area contributed by atoms with Gasteiger partial charge in [-0.25, -0.2) is 0 Å². The van der Waals surface area contributed by atoms with Crippen molar-refractivity contribution in [2.45, 2.75) is 38.8 Å². The Kier molecular flexibility index (Phi) is 3.91. The molecule has 0 amide bonds. The highest BCUT2D eigenvalue weighted by Crippen LogP contribution is 2.14. The van der Waals surface area contributed by atoms with Crippen molar-refractivity contribution in [1.29, 1.82) is 0 Å². The second kappa shape index (κ2) is 5.81. The standard InChI is InChI=1S/C15H23N3/c1-2-9-17(8-1)12-14-6-5-7-15(16-14)13-18-10-3-4-11-18/h5-7H,1-4,8-13H2. The smallest absolute Gasteiger partial charge is 0.0547 e. The van der Waals surface area contributed by atoms with Gasteiger partial charge in [0.05, 0.1) is 11.4 Å². The number of rotatable bonds is 4. The zero-order chi connectivity index (χ0) is 12.2. The molecule has 0 bridgehead atoms. The topological polar surface area (TPSA) is 19.4 Å². The Morgan fingerprint density at radius 2 is 1.22 bits per heavy atom. The van der Waals surface area contributed by atoms with Gasteiger partial charge in [-0.05, 0) is 64.0 Å². The van der Waals surface area contributed by atoms with Crippen molar-refractivity contribution in [1.82, 2.24) is 14.8 Å². The van der Waals surface area contributed by atoms with E-state index in [2.05, 4.69) is 28.0 Å². The molecule has 0 aliphatic carbocycles. The Morgan fingerprint density at radius 3 is 1.67 bits per heavy atom. The maximum atomic E-state index is 4.82. The molecule has 0 atom stereocenters. The van der Waals surface area contributed by atoms with Gasteiger partial charge in [-0.1, -0.05) is 6.07 Å². The van der Waals surface area contributed by atoms with Gasteiger partial charge in [0.25, 0.3) is 0 Å². The van der Waals surface area contributed by atoms with Crippen LogP contribution in [0.2, 0.25) is 0 Å². The molecule has 18 heavy (non-hydrogen) atoms. The number of aromatic nitrogens is 1. The SMILES string of the molecule is c1cc(CN2CCCC2)nc(CN2CCCC2)c1. The fourth-order valence-electron chi connectivity index (χ4n) is 3.05. The molecule has 2 fully saturated rings. The Morgan fingerprint density at radius 1 is 0.778 bits per heavy atom. The van der Waals surface area contributed by atoms with E-state index < -0.39 is 0 Å². The van der Waals surface area contributed by atoms with Crippen molar-refractivity contribution in [3.05, 3.63) is 29.6 Å². The third-order valence-corrected chi connectivity index (χ3v) is 4.03. The summed E-state index contributed by atoms with van der Waals surface area (Å²) < 4.78 is 0. The average molecular weight is 245 g/mol. The molecule has 3 heterocycles. The van der Waals surface area contributed by atoms with E-state index in [9.17, 15) is 0 Å². The third-order valence-electron chi connectivity index (χ3n) is 4.03. The molecule has 2 aliphatic rings. The molecule has 3 rings (SSSR count). The van der Waals surface area contributed by atoms with Gasteiger partial charge >= 0.3 is 0 Å². The predicted octanol–water partition coefficient (Wildman–Crippen LogP) is 2.27. The second-order valence-corrected chi connectivity index (χ2v) is 5.59. The summed E-state index contributed by atoms with van der Waals surface area (Å²) in [5, 5.41) is 0. The molecule has 0 N–H and O–H groups in total. The van der Waals surface area contributed by atoms with Gasteiger partial charge in [0.2, 0.25) is 0 Å². The van der Waals surface area contributed by atoms with Crippen LogP contribution in [0.3, 0.4) is 0 Å². The highest BCUT2D eigenvalue weighted by atomic mass is 15.2. The molecule has 1 aromatic heterocycles. The summed E-state index contributed by atoms with van der Waals surface area (Å²) in [6, 6.07) is 6.52. The number of pyridine rings is 1. The predicted molar refractivity (Wildman–Crippen MR) is 73.3 cm³/mol. The van der Waals surface area contributed by atoms with E-state index in [1.165, 1.54) is 63.3 Å². The van der Waals surface area contributed by atoms with E-state index in [0.717, 1.165) is 13.1 Å². The van der Waals surface area contributed by atoms with Crippen LogP contribution < -0.4 is 0 Å². The summed E-state index contributed by atoms with van der Waals surface area (Å²) in [4.78, 5) is 9.85. The van der Waals surface area contributed by atoms with Crippen LogP contribution in [0, 0.1) is 0 Å². The van der Waals surface area contributed by atoms with Crippen LogP contribution in [0.25, 0.3) is 0 Å². The molecular formula is C15H23N3. The minimum Gasteiger partial charge on any atom is -0.298 e. The van der Waals surface area contributed by atoms with E-state index in [1.54, 1.807) is 0 Å². The van der Waals surface area contributed by atoms with E-state index in [4.69, 9.17) is 4.98 Å². The van der Waals surface area contributed by atoms with Crippen molar-refractivity contribution in [3.63, 3.8) is 0 Å². The van der Waals surface area contributed by atoms with E-state index in [1.807, 2.05) is 0 Å². The molecule has 2 aliphatic heterocycles. The lowest BCUT2D eigenvalue weighted by atomic mass is 10.2. The lowest BCUT2D eigenvalue weighted by molar-refractivity contribution is 0.317. The first-order valence-electron chi connectivity index (χ1n) is 7.30. The van der Waals surface area contributed by atoms with Crippen LogP contribution in [0.1, 0.15) is 37.1 Å². The van der Waals surface area contributed by atoms with Crippen LogP contribution in [-0.4, -0.2) is 41.0 Å². The molecule has 3 heteroatoms. The van der Waals surface area contributed by atoms with Gasteiger partial charge in [0, 0.05) is 13.1 Å². The van der Waals surface area contributed by atoms with Gasteiger partial charge in [0.15, 0.2) is 0 Å². The van der Waals surface area contributed by atoms with E-state index in [0.29, 0.717) is 0 Å². The molecule has 98 valence electrons. The Bertz CT molecular complexity index is 346. The van der Waals surface area contributed by atoms with Crippen LogP contribution >= 0.6 is 0 Å². The zero-order valence-corrected chi connectivity index (χ0v) is 11.1. The molecular weight excluding hydrogens is 222 g/mol. The largest absolute Gasteiger partial charge is 0.298 e. The van der Waals surface area contributed by atoms with Gasteiger partial charge < -0.3 is 0 Å². The van der Waals surface area contributed by atoms with Crippen LogP contribution in [0.15, 0.2) is 18.2 Å². The maximum absolute atomic E-state index is 4.82. The molecule has 2 saturated heterocycles. The fourth-order valence-corrected chi connectivity index (χ4v) is 3.05. The Hall–Kier alpha value is -0.930. The molecule has 3 nitrogen and oxygen atoms in total. The first kappa shape index (κ1) is 12.1. The normalized spacial score (nSPS) is 21.8. The van der Waals surface area contributed by atoms with E-state index in [-0.39, 0.29) is 0 Å². The third kappa shape index (κ3) is 3.09. The minimum atomic E-state index is 1.04. The van der Waals surface area contributed by atoms with Gasteiger partial charge in [-0.3, -0.25) is 14.8 Å². The highest BCUT2D eigenvalue weighted by molar-refractivity contribution is 5.11. The maximum Gasteiger partial charge on any atom is 0.0547 e. The Labute approximate surface area is 110 Å². The number of hydrogen-bond acceptors (Lipinski definition) is 3. The Balaban J connectivity index is 1.60. The quantitative estimate of drug-likeness (QED) is 0.811. The van der Waals surface area contributed by atoms with Gasteiger partial charge in [0.1, 0.15) is 0 Å². The second-order valence-electron chi connectivity index (χ2n) is 5.59. The van der Waals surface area contributed by atoms with Crippen LogP contribution in [0.5, 0.6) is 0 Å². The average Bonchev–Trinajstić information content (AvgIpc) is 3.03. The van der Waals surface area contributed by atoms with Gasteiger partial charge in [-0.15, -0.1) is 0 Å². The lowest BCUT2D eigenvalue weighted by Crippen LogP contribution is -2.21. The van der Waals surface area contributed by atoms with Gasteiger partial charge in [-0.2, -0.15) is 0 Å². The monoisotopic (exact) mass is 245 g/mol. The summed E-state index contributed by atoms with van der Waals surface area (Å²) in [5.41, 5.74) is 2.49. The summed E-state index contributed by atoms with van der Waals surface area (Å²) in [6.07, 6.45) is 5.42. The zero-order valence-electron chi connectivity index (χ0n) is 11.1. The molecule has 0 saturated carbocycles. The van der Waals surface area contributed by atoms with Crippen LogP contribution in [0.4, 0.5) is 0 Å². The molecule has 0 aromatic carbocycles. The van der Waals surface area contributed by atoms with Crippen molar-refractivity contribution in [2.24, 2.45) is 0 Å². The fraction of sp³-hybridized carbons (Fsp3) is 0.667. The lowest BCUT2D eigenvalue weighted by Gasteiger charge is -2.16. The highest BCUT2D eigenvalue weighted by Gasteiger charge is 2.14. The summed E-state index contributed by atoms with van der Waals surface area (Å²) in [6.45, 7) is 7.06. The van der Waals surface area contributed by atoms with Crippen molar-refractivity contribution in [3.8, 4) is 0 Å². The van der Waals surface area contributed by atoms with Crippen molar-refractivity contribution < 1.29 is 0 Å². The molecule has 0 radical (unpaired) electrons. The number of likely N-dealkylation sites (tertiary alicyclic amines) is 2. The van der Waals surface area contributed by atoms with Crippen molar-refractivity contribution >= 4 is 0 Å².